The van der Waals surface area contributed by atoms with E-state index in [0.717, 1.165) is 16.1 Å². The van der Waals surface area contributed by atoms with Gasteiger partial charge in [0.15, 0.2) is 0 Å². The van der Waals surface area contributed by atoms with Crippen molar-refractivity contribution in [1.82, 2.24) is 14.7 Å². The zero-order valence-electron chi connectivity index (χ0n) is 9.45. The maximum absolute atomic E-state index is 12.0. The number of amides is 3. The van der Waals surface area contributed by atoms with Crippen LogP contribution in [0.5, 0.6) is 0 Å². The molecule has 1 N–H and O–H groups in total. The van der Waals surface area contributed by atoms with E-state index in [1.165, 1.54) is 21.1 Å². The van der Waals surface area contributed by atoms with Gasteiger partial charge in [-0.15, -0.1) is 0 Å². The van der Waals surface area contributed by atoms with Crippen LogP contribution in [0.1, 0.15) is 0 Å². The summed E-state index contributed by atoms with van der Waals surface area (Å²) in [5.74, 6) is -3.33. The lowest BCUT2D eigenvalue weighted by Gasteiger charge is -2.48. The largest absolute Gasteiger partial charge is 0.348 e. The minimum atomic E-state index is -2.36. The van der Waals surface area contributed by atoms with Gasteiger partial charge in [-0.3, -0.25) is 14.6 Å². The number of carbonyl (C=O) groups excluding carboxylic acids is 2. The molecule has 0 spiro atoms. The lowest BCUT2D eigenvalue weighted by Crippen LogP contribution is -2.78. The number of imide groups is 1. The van der Waals surface area contributed by atoms with Crippen LogP contribution in [0.2, 0.25) is 0 Å². The van der Waals surface area contributed by atoms with Gasteiger partial charge in [0.25, 0.3) is 5.91 Å². The van der Waals surface area contributed by atoms with Crippen LogP contribution < -0.4 is 0 Å². The second-order valence-electron chi connectivity index (χ2n) is 3.92. The van der Waals surface area contributed by atoms with Gasteiger partial charge in [0, 0.05) is 21.1 Å². The van der Waals surface area contributed by atoms with Gasteiger partial charge in [-0.05, 0) is 5.26 Å². The van der Waals surface area contributed by atoms with Crippen molar-refractivity contribution >= 4 is 18.3 Å². The molecule has 0 aromatic rings. The van der Waals surface area contributed by atoms with Crippen LogP contribution in [-0.4, -0.2) is 70.8 Å². The van der Waals surface area contributed by atoms with E-state index in [4.69, 9.17) is 0 Å². The Labute approximate surface area is 96.4 Å². The fourth-order valence-electron chi connectivity index (χ4n) is 2.00. The molecule has 0 aromatic heterocycles. The number of carbonyl (C=O) groups is 2. The van der Waals surface area contributed by atoms with Crippen molar-refractivity contribution in [2.45, 2.75) is 11.6 Å². The molecule has 2 aliphatic rings. The molecule has 93 valence electrons. The number of hydrogen-bond donors (Lipinski definition) is 1. The molecule has 0 aliphatic carbocycles. The van der Waals surface area contributed by atoms with E-state index in [1.807, 2.05) is 0 Å². The number of aliphatic imine (C=N–C) groups is 1. The molecular formula is C8H11N4O5. The monoisotopic (exact) mass is 243 g/mol. The van der Waals surface area contributed by atoms with Crippen molar-refractivity contribution in [3.05, 3.63) is 0 Å². The molecule has 17 heavy (non-hydrogen) atoms. The fraction of sp³-hybridized carbons (Fsp3) is 0.625. The molecular weight excluding hydrogens is 232 g/mol. The third kappa shape index (κ3) is 1.01. The first-order valence-corrected chi connectivity index (χ1v) is 4.70. The summed E-state index contributed by atoms with van der Waals surface area (Å²) >= 11 is 0. The van der Waals surface area contributed by atoms with Gasteiger partial charge < -0.3 is 10.0 Å². The van der Waals surface area contributed by atoms with Gasteiger partial charge >= 0.3 is 17.6 Å². The normalized spacial score (nSPS) is 36.9. The van der Waals surface area contributed by atoms with Gasteiger partial charge in [0.05, 0.1) is 6.34 Å². The molecule has 2 atom stereocenters. The molecule has 2 aliphatic heterocycles. The van der Waals surface area contributed by atoms with Gasteiger partial charge in [-0.25, -0.2) is 9.79 Å². The Morgan fingerprint density at radius 1 is 1.35 bits per heavy atom. The fourth-order valence-corrected chi connectivity index (χ4v) is 2.00. The smallest absolute Gasteiger partial charge is 0.330 e. The van der Waals surface area contributed by atoms with E-state index in [1.54, 1.807) is 0 Å². The van der Waals surface area contributed by atoms with Gasteiger partial charge in [-0.2, -0.15) is 4.89 Å². The standard InChI is InChI=1S/C8H11N4O5/c1-10-4-9-8(15)7(10,17-16)5(13)11(2)6(14)12(8)3/h4,15H,1-3H3. The SMILES string of the molecule is CN1C(=O)N(C)C2(O)N=CN(C)C2(O[O])C1=O. The van der Waals surface area contributed by atoms with Crippen LogP contribution in [0, 0.1) is 0 Å². The zero-order valence-corrected chi connectivity index (χ0v) is 9.45. The Hall–Kier alpha value is -1.71. The highest BCUT2D eigenvalue weighted by Crippen LogP contribution is 2.41. The molecule has 0 aromatic carbocycles. The number of aliphatic hydroxyl groups is 1. The van der Waals surface area contributed by atoms with Crippen LogP contribution in [0.25, 0.3) is 0 Å². The predicted molar refractivity (Wildman–Crippen MR) is 51.6 cm³/mol. The number of nitrogens with zero attached hydrogens (tertiary/aromatic N) is 4. The molecule has 2 rings (SSSR count). The summed E-state index contributed by atoms with van der Waals surface area (Å²) in [6.07, 6.45) is 1.07. The molecule has 1 fully saturated rings. The minimum Gasteiger partial charge on any atom is -0.348 e. The van der Waals surface area contributed by atoms with Crippen molar-refractivity contribution in [2.24, 2.45) is 4.99 Å². The number of fused-ring (bicyclic) bond motifs is 1. The van der Waals surface area contributed by atoms with Crippen molar-refractivity contribution in [1.29, 1.82) is 0 Å². The van der Waals surface area contributed by atoms with E-state index in [0.29, 0.717) is 4.90 Å². The topological polar surface area (TPSA) is 106 Å². The summed E-state index contributed by atoms with van der Waals surface area (Å²) in [7, 11) is 3.75. The second kappa shape index (κ2) is 3.15. The third-order valence-electron chi connectivity index (χ3n) is 3.12. The Balaban J connectivity index is 2.64. The lowest BCUT2D eigenvalue weighted by molar-refractivity contribution is -0.427. The van der Waals surface area contributed by atoms with Gasteiger partial charge in [-0.1, -0.05) is 0 Å². The molecule has 9 heteroatoms. The van der Waals surface area contributed by atoms with E-state index >= 15 is 0 Å². The van der Waals surface area contributed by atoms with Crippen LogP contribution in [0.3, 0.4) is 0 Å². The summed E-state index contributed by atoms with van der Waals surface area (Å²) in [5, 5.41) is 21.2. The van der Waals surface area contributed by atoms with E-state index in [2.05, 4.69) is 9.88 Å². The first-order valence-electron chi connectivity index (χ1n) is 4.70. The average molecular weight is 243 g/mol. The van der Waals surface area contributed by atoms with Crippen molar-refractivity contribution in [3.8, 4) is 0 Å². The van der Waals surface area contributed by atoms with Crippen LogP contribution in [-0.2, 0) is 14.9 Å². The Kier molecular flexibility index (Phi) is 2.18. The number of rotatable bonds is 1. The molecule has 2 unspecified atom stereocenters. The zero-order chi connectivity index (χ0) is 13.0. The van der Waals surface area contributed by atoms with Gasteiger partial charge in [0.1, 0.15) is 0 Å². The van der Waals surface area contributed by atoms with E-state index < -0.39 is 23.5 Å². The maximum Gasteiger partial charge on any atom is 0.330 e. The average Bonchev–Trinajstić information content (AvgIpc) is 2.59. The summed E-state index contributed by atoms with van der Waals surface area (Å²) in [6.45, 7) is 0. The molecule has 0 bridgehead atoms. The highest BCUT2D eigenvalue weighted by atomic mass is 17.1. The molecule has 3 amide bonds. The first kappa shape index (κ1) is 11.8. The van der Waals surface area contributed by atoms with Crippen LogP contribution in [0.4, 0.5) is 4.79 Å². The summed E-state index contributed by atoms with van der Waals surface area (Å²) in [5.41, 5.74) is -2.29. The van der Waals surface area contributed by atoms with Crippen molar-refractivity contribution in [3.63, 3.8) is 0 Å². The summed E-state index contributed by atoms with van der Waals surface area (Å²) in [4.78, 5) is 33.7. The van der Waals surface area contributed by atoms with E-state index in [9.17, 15) is 20.0 Å². The quantitative estimate of drug-likeness (QED) is 0.431. The minimum absolute atomic E-state index is 0.692. The molecule has 2 heterocycles. The predicted octanol–water partition coefficient (Wildman–Crippen LogP) is -1.81. The number of hydrogen-bond acceptors (Lipinski definition) is 6. The molecule has 0 saturated carbocycles. The van der Waals surface area contributed by atoms with E-state index in [-0.39, 0.29) is 0 Å². The summed E-state index contributed by atoms with van der Waals surface area (Å²) < 4.78 is 0. The first-order chi connectivity index (χ1) is 7.83. The molecule has 9 nitrogen and oxygen atoms in total. The van der Waals surface area contributed by atoms with Crippen LogP contribution in [0.15, 0.2) is 4.99 Å². The summed E-state index contributed by atoms with van der Waals surface area (Å²) in [6, 6.07) is -0.780. The van der Waals surface area contributed by atoms with Crippen molar-refractivity contribution < 1.29 is 24.8 Å². The lowest BCUT2D eigenvalue weighted by atomic mass is 10.0. The Morgan fingerprint density at radius 2 is 1.94 bits per heavy atom. The Bertz CT molecular complexity index is 426. The molecule has 1 saturated heterocycles. The van der Waals surface area contributed by atoms with Gasteiger partial charge in [0.2, 0.25) is 0 Å². The maximum atomic E-state index is 12.0. The second-order valence-corrected chi connectivity index (χ2v) is 3.92. The third-order valence-corrected chi connectivity index (χ3v) is 3.12. The highest BCUT2D eigenvalue weighted by molar-refractivity contribution is 6.04. The number of likely N-dealkylation sites (N-methyl/N-ethyl adjacent to an activating group) is 3. The molecule has 1 radical (unpaired) electrons. The number of urea groups is 1. The van der Waals surface area contributed by atoms with Crippen molar-refractivity contribution in [2.75, 3.05) is 21.1 Å². The highest BCUT2D eigenvalue weighted by Gasteiger charge is 2.73. The van der Waals surface area contributed by atoms with Crippen LogP contribution >= 0.6 is 0 Å². The Morgan fingerprint density at radius 3 is 2.47 bits per heavy atom.